The molecule has 0 saturated heterocycles. The second-order valence-electron chi connectivity index (χ2n) is 5.97. The molecule has 2 heterocycles. The zero-order valence-electron chi connectivity index (χ0n) is 14.2. The summed E-state index contributed by atoms with van der Waals surface area (Å²) in [6, 6.07) is 11.0. The standard InChI is InChI=1S/C19H9Cl2F4N3O/c20-10-3-1-4-11(7-10)28-18(19(23,24)25)12(9-26-28)16-8-15(27-29-16)17-13(21)5-2-6-14(17)22/h1-9H. The fraction of sp³-hybridized carbons (Fsp3) is 0.0526. The van der Waals surface area contributed by atoms with Crippen molar-refractivity contribution >= 4 is 23.2 Å². The van der Waals surface area contributed by atoms with Crippen LogP contribution in [0, 0.1) is 5.82 Å². The molecule has 0 bridgehead atoms. The Balaban J connectivity index is 1.86. The molecule has 0 amide bonds. The van der Waals surface area contributed by atoms with Crippen molar-refractivity contribution < 1.29 is 22.1 Å². The number of hydrogen-bond donors (Lipinski definition) is 0. The van der Waals surface area contributed by atoms with Crippen LogP contribution in [0.15, 0.2) is 59.3 Å². The Morgan fingerprint density at radius 1 is 1.00 bits per heavy atom. The fourth-order valence-electron chi connectivity index (χ4n) is 2.87. The van der Waals surface area contributed by atoms with E-state index in [1.807, 2.05) is 0 Å². The van der Waals surface area contributed by atoms with Gasteiger partial charge in [-0.3, -0.25) is 0 Å². The van der Waals surface area contributed by atoms with Gasteiger partial charge in [-0.25, -0.2) is 9.07 Å². The van der Waals surface area contributed by atoms with Crippen molar-refractivity contribution in [3.05, 3.63) is 76.3 Å². The van der Waals surface area contributed by atoms with E-state index < -0.39 is 17.7 Å². The lowest BCUT2D eigenvalue weighted by molar-refractivity contribution is -0.142. The predicted octanol–water partition coefficient (Wildman–Crippen LogP) is 6.66. The first kappa shape index (κ1) is 19.5. The smallest absolute Gasteiger partial charge is 0.356 e. The molecule has 0 fully saturated rings. The molecule has 0 spiro atoms. The summed E-state index contributed by atoms with van der Waals surface area (Å²) in [6.07, 6.45) is -3.77. The summed E-state index contributed by atoms with van der Waals surface area (Å²) in [5.74, 6) is -0.914. The van der Waals surface area contributed by atoms with Crippen LogP contribution < -0.4 is 0 Å². The molecule has 0 N–H and O–H groups in total. The summed E-state index contributed by atoms with van der Waals surface area (Å²) < 4.78 is 61.4. The van der Waals surface area contributed by atoms with Crippen LogP contribution in [0.3, 0.4) is 0 Å². The van der Waals surface area contributed by atoms with Crippen LogP contribution in [0.1, 0.15) is 5.69 Å². The molecular weight excluding hydrogens is 433 g/mol. The van der Waals surface area contributed by atoms with Crippen LogP contribution in [0.2, 0.25) is 10.0 Å². The molecule has 4 rings (SSSR count). The van der Waals surface area contributed by atoms with Crippen LogP contribution in [0.25, 0.3) is 28.3 Å². The number of aromatic nitrogens is 3. The maximum Gasteiger partial charge on any atom is 0.434 e. The van der Waals surface area contributed by atoms with Gasteiger partial charge in [0.1, 0.15) is 11.5 Å². The average molecular weight is 442 g/mol. The number of benzene rings is 2. The number of alkyl halides is 3. The van der Waals surface area contributed by atoms with E-state index in [0.717, 1.165) is 12.3 Å². The second kappa shape index (κ2) is 7.20. The third kappa shape index (κ3) is 3.61. The van der Waals surface area contributed by atoms with Gasteiger partial charge in [0.05, 0.1) is 28.0 Å². The van der Waals surface area contributed by atoms with E-state index in [2.05, 4.69) is 10.3 Å². The Kier molecular flexibility index (Phi) is 4.84. The van der Waals surface area contributed by atoms with Gasteiger partial charge in [-0.2, -0.15) is 18.3 Å². The van der Waals surface area contributed by atoms with Crippen molar-refractivity contribution in [2.75, 3.05) is 0 Å². The van der Waals surface area contributed by atoms with Gasteiger partial charge in [-0.05, 0) is 30.3 Å². The van der Waals surface area contributed by atoms with Gasteiger partial charge in [-0.1, -0.05) is 40.5 Å². The summed E-state index contributed by atoms with van der Waals surface area (Å²) in [5.41, 5.74) is -1.43. The third-order valence-electron chi connectivity index (χ3n) is 4.09. The second-order valence-corrected chi connectivity index (χ2v) is 6.81. The molecule has 4 aromatic rings. The lowest BCUT2D eigenvalue weighted by Crippen LogP contribution is -2.14. The van der Waals surface area contributed by atoms with E-state index in [9.17, 15) is 17.6 Å². The summed E-state index contributed by atoms with van der Waals surface area (Å²) in [7, 11) is 0. The van der Waals surface area contributed by atoms with Crippen molar-refractivity contribution in [2.24, 2.45) is 0 Å². The maximum absolute atomic E-state index is 14.1. The molecule has 2 aromatic heterocycles. The molecular formula is C19H9Cl2F4N3O. The van der Waals surface area contributed by atoms with E-state index in [0.29, 0.717) is 4.68 Å². The van der Waals surface area contributed by atoms with Crippen molar-refractivity contribution in [1.82, 2.24) is 14.9 Å². The highest BCUT2D eigenvalue weighted by atomic mass is 35.5. The van der Waals surface area contributed by atoms with Crippen LogP contribution in [-0.2, 0) is 6.18 Å². The van der Waals surface area contributed by atoms with Crippen molar-refractivity contribution in [1.29, 1.82) is 0 Å². The summed E-state index contributed by atoms with van der Waals surface area (Å²) in [5, 5.41) is 7.82. The monoisotopic (exact) mass is 441 g/mol. The molecule has 29 heavy (non-hydrogen) atoms. The molecule has 4 nitrogen and oxygen atoms in total. The Morgan fingerprint density at radius 2 is 1.76 bits per heavy atom. The molecule has 0 unspecified atom stereocenters. The number of rotatable bonds is 3. The minimum atomic E-state index is -4.77. The SMILES string of the molecule is Fc1cccc(Cl)c1-c1cc(-c2cnn(-c3cccc(Cl)c3)c2C(F)(F)F)on1. The van der Waals surface area contributed by atoms with Crippen molar-refractivity contribution in [3.63, 3.8) is 0 Å². The maximum atomic E-state index is 14.1. The van der Waals surface area contributed by atoms with Crippen molar-refractivity contribution in [3.8, 4) is 28.3 Å². The Bertz CT molecular complexity index is 1180. The highest BCUT2D eigenvalue weighted by molar-refractivity contribution is 6.33. The van der Waals surface area contributed by atoms with Crippen molar-refractivity contribution in [2.45, 2.75) is 6.18 Å². The zero-order valence-corrected chi connectivity index (χ0v) is 15.7. The van der Waals surface area contributed by atoms with Crippen LogP contribution in [0.4, 0.5) is 17.6 Å². The van der Waals surface area contributed by atoms with E-state index in [1.165, 1.54) is 42.5 Å². The van der Waals surface area contributed by atoms with Crippen LogP contribution in [0.5, 0.6) is 0 Å². The summed E-state index contributed by atoms with van der Waals surface area (Å²) >= 11 is 11.9. The molecule has 148 valence electrons. The Hall–Kier alpha value is -2.84. The molecule has 0 radical (unpaired) electrons. The molecule has 2 aromatic carbocycles. The van der Waals surface area contributed by atoms with Gasteiger partial charge in [0.25, 0.3) is 0 Å². The molecule has 0 aliphatic rings. The minimum Gasteiger partial charge on any atom is -0.356 e. The van der Waals surface area contributed by atoms with E-state index in [-0.39, 0.29) is 38.3 Å². The number of nitrogens with zero attached hydrogens (tertiary/aromatic N) is 3. The predicted molar refractivity (Wildman–Crippen MR) is 99.5 cm³/mol. The first-order chi connectivity index (χ1) is 13.8. The first-order valence-corrected chi connectivity index (χ1v) is 8.84. The quantitative estimate of drug-likeness (QED) is 0.334. The summed E-state index contributed by atoms with van der Waals surface area (Å²) in [6.45, 7) is 0. The summed E-state index contributed by atoms with van der Waals surface area (Å²) in [4.78, 5) is 0. The first-order valence-electron chi connectivity index (χ1n) is 8.08. The highest BCUT2D eigenvalue weighted by Crippen LogP contribution is 2.40. The lowest BCUT2D eigenvalue weighted by Gasteiger charge is -2.12. The number of halogens is 6. The highest BCUT2D eigenvalue weighted by Gasteiger charge is 2.40. The zero-order chi connectivity index (χ0) is 20.8. The van der Waals surface area contributed by atoms with Gasteiger partial charge in [-0.15, -0.1) is 0 Å². The van der Waals surface area contributed by atoms with Gasteiger partial charge in [0, 0.05) is 11.1 Å². The minimum absolute atomic E-state index is 0.0354. The fourth-order valence-corrected chi connectivity index (χ4v) is 3.31. The van der Waals surface area contributed by atoms with Gasteiger partial charge in [0.15, 0.2) is 11.5 Å². The third-order valence-corrected chi connectivity index (χ3v) is 4.64. The van der Waals surface area contributed by atoms with Gasteiger partial charge >= 0.3 is 6.18 Å². The van der Waals surface area contributed by atoms with Gasteiger partial charge in [0.2, 0.25) is 0 Å². The Morgan fingerprint density at radius 3 is 2.45 bits per heavy atom. The Labute approximate surface area is 171 Å². The van der Waals surface area contributed by atoms with E-state index in [4.69, 9.17) is 27.7 Å². The van der Waals surface area contributed by atoms with E-state index in [1.54, 1.807) is 0 Å². The van der Waals surface area contributed by atoms with Crippen LogP contribution >= 0.6 is 23.2 Å². The molecule has 0 atom stereocenters. The molecule has 0 aliphatic heterocycles. The average Bonchev–Trinajstić information content (AvgIpc) is 3.28. The molecule has 10 heteroatoms. The topological polar surface area (TPSA) is 43.9 Å². The van der Waals surface area contributed by atoms with E-state index >= 15 is 0 Å². The van der Waals surface area contributed by atoms with Crippen LogP contribution in [-0.4, -0.2) is 14.9 Å². The lowest BCUT2D eigenvalue weighted by atomic mass is 10.1. The molecule has 0 aliphatic carbocycles. The normalized spacial score (nSPS) is 11.8. The molecule has 0 saturated carbocycles. The largest absolute Gasteiger partial charge is 0.434 e. The number of hydrogen-bond acceptors (Lipinski definition) is 3. The van der Waals surface area contributed by atoms with Gasteiger partial charge < -0.3 is 4.52 Å².